The Hall–Kier alpha value is -1.84. The Morgan fingerprint density at radius 2 is 2.07 bits per heavy atom. The van der Waals surface area contributed by atoms with Crippen molar-refractivity contribution in [2.24, 2.45) is 0 Å². The summed E-state index contributed by atoms with van der Waals surface area (Å²) in [6, 6.07) is 6.84. The van der Waals surface area contributed by atoms with Gasteiger partial charge in [-0.15, -0.1) is 0 Å². The Balaban J connectivity index is 2.59. The van der Waals surface area contributed by atoms with Gasteiger partial charge in [0.05, 0.1) is 7.11 Å². The van der Waals surface area contributed by atoms with Crippen molar-refractivity contribution in [2.75, 3.05) is 7.11 Å². The number of rotatable bonds is 1. The number of carbonyl (C=O) groups is 2. The van der Waals surface area contributed by atoms with Crippen LogP contribution in [0.5, 0.6) is 5.75 Å². The minimum Gasteiger partial charge on any atom is -0.468 e. The molecule has 0 bridgehead atoms. The third-order valence-electron chi connectivity index (χ3n) is 2.63. The molecule has 0 aliphatic carbocycles. The van der Waals surface area contributed by atoms with Gasteiger partial charge in [-0.2, -0.15) is 0 Å². The lowest BCUT2D eigenvalue weighted by atomic mass is 9.84. The summed E-state index contributed by atoms with van der Waals surface area (Å²) in [7, 11) is 1.25. The first-order chi connectivity index (χ1) is 7.10. The highest BCUT2D eigenvalue weighted by molar-refractivity contribution is 6.09. The van der Waals surface area contributed by atoms with Crippen molar-refractivity contribution >= 4 is 11.9 Å². The summed E-state index contributed by atoms with van der Waals surface area (Å²) in [6.45, 7) is 1.51. The average Bonchev–Trinajstić information content (AvgIpc) is 2.52. The second-order valence-corrected chi connectivity index (χ2v) is 3.50. The van der Waals surface area contributed by atoms with E-state index >= 15 is 0 Å². The molecule has 1 atom stereocenters. The van der Waals surface area contributed by atoms with E-state index in [1.807, 2.05) is 0 Å². The first kappa shape index (κ1) is 9.71. The average molecular weight is 206 g/mol. The van der Waals surface area contributed by atoms with Gasteiger partial charge in [0, 0.05) is 5.56 Å². The normalized spacial score (nSPS) is 23.2. The van der Waals surface area contributed by atoms with E-state index in [0.29, 0.717) is 11.3 Å². The van der Waals surface area contributed by atoms with Crippen LogP contribution in [0.15, 0.2) is 24.3 Å². The highest BCUT2D eigenvalue weighted by Gasteiger charge is 2.52. The molecule has 4 heteroatoms. The number of ether oxygens (including phenoxy) is 2. The third kappa shape index (κ3) is 1.14. The molecular weight excluding hydrogens is 196 g/mol. The molecule has 1 aliphatic heterocycles. The smallest absolute Gasteiger partial charge is 0.333 e. The summed E-state index contributed by atoms with van der Waals surface area (Å²) in [5, 5.41) is 0. The maximum atomic E-state index is 11.6. The Morgan fingerprint density at radius 3 is 2.73 bits per heavy atom. The molecule has 78 valence electrons. The van der Waals surface area contributed by atoms with Crippen LogP contribution in [0.3, 0.4) is 0 Å². The van der Waals surface area contributed by atoms with Crippen molar-refractivity contribution in [1.29, 1.82) is 0 Å². The number of hydrogen-bond acceptors (Lipinski definition) is 4. The topological polar surface area (TPSA) is 52.6 Å². The van der Waals surface area contributed by atoms with Crippen molar-refractivity contribution < 1.29 is 19.1 Å². The summed E-state index contributed by atoms with van der Waals surface area (Å²) in [4.78, 5) is 23.2. The Labute approximate surface area is 86.8 Å². The van der Waals surface area contributed by atoms with Crippen LogP contribution < -0.4 is 4.74 Å². The van der Waals surface area contributed by atoms with Gasteiger partial charge in [0.2, 0.25) is 0 Å². The van der Waals surface area contributed by atoms with Gasteiger partial charge in [0.1, 0.15) is 5.75 Å². The largest absolute Gasteiger partial charge is 0.468 e. The van der Waals surface area contributed by atoms with Crippen molar-refractivity contribution in [2.45, 2.75) is 12.3 Å². The van der Waals surface area contributed by atoms with Gasteiger partial charge < -0.3 is 9.47 Å². The van der Waals surface area contributed by atoms with Crippen molar-refractivity contribution in [3.63, 3.8) is 0 Å². The molecule has 0 saturated heterocycles. The van der Waals surface area contributed by atoms with Gasteiger partial charge in [-0.05, 0) is 13.0 Å². The molecule has 1 aliphatic rings. The second kappa shape index (κ2) is 3.08. The number of fused-ring (bicyclic) bond motifs is 1. The lowest BCUT2D eigenvalue weighted by molar-refractivity contribution is -0.155. The Bertz CT molecular complexity index is 428. The molecule has 4 nitrogen and oxygen atoms in total. The second-order valence-electron chi connectivity index (χ2n) is 3.50. The molecule has 1 heterocycles. The SMILES string of the molecule is COC(=O)[C@]1(C)C(=O)Oc2ccccc21. The van der Waals surface area contributed by atoms with Crippen LogP contribution in [0.4, 0.5) is 0 Å². The molecule has 1 aromatic rings. The van der Waals surface area contributed by atoms with Crippen LogP contribution in [-0.2, 0) is 19.7 Å². The molecule has 0 saturated carbocycles. The van der Waals surface area contributed by atoms with Crippen LogP contribution in [0.2, 0.25) is 0 Å². The quantitative estimate of drug-likeness (QED) is 0.391. The summed E-state index contributed by atoms with van der Waals surface area (Å²) in [5.74, 6) is -0.761. The molecule has 2 rings (SSSR count). The van der Waals surface area contributed by atoms with E-state index in [9.17, 15) is 9.59 Å². The zero-order valence-corrected chi connectivity index (χ0v) is 8.44. The van der Waals surface area contributed by atoms with E-state index in [1.54, 1.807) is 24.3 Å². The van der Waals surface area contributed by atoms with E-state index in [-0.39, 0.29) is 0 Å². The fourth-order valence-electron chi connectivity index (χ4n) is 1.68. The molecule has 0 unspecified atom stereocenters. The summed E-state index contributed by atoms with van der Waals surface area (Å²) >= 11 is 0. The van der Waals surface area contributed by atoms with E-state index in [0.717, 1.165) is 0 Å². The predicted molar refractivity (Wildman–Crippen MR) is 51.4 cm³/mol. The number of methoxy groups -OCH3 is 1. The van der Waals surface area contributed by atoms with E-state index in [4.69, 9.17) is 4.74 Å². The standard InChI is InChI=1S/C11H10O4/c1-11(9(12)14-2)7-5-3-4-6-8(7)15-10(11)13/h3-6H,1-2H3/t11-/m1/s1. The number of esters is 2. The molecule has 0 N–H and O–H groups in total. The molecule has 15 heavy (non-hydrogen) atoms. The number of carbonyl (C=O) groups excluding carboxylic acids is 2. The van der Waals surface area contributed by atoms with Crippen LogP contribution in [0, 0.1) is 0 Å². The molecule has 0 spiro atoms. The first-order valence-electron chi connectivity index (χ1n) is 4.51. The van der Waals surface area contributed by atoms with Crippen LogP contribution >= 0.6 is 0 Å². The maximum absolute atomic E-state index is 11.6. The van der Waals surface area contributed by atoms with Crippen LogP contribution in [0.1, 0.15) is 12.5 Å². The minimum absolute atomic E-state index is 0.426. The third-order valence-corrected chi connectivity index (χ3v) is 2.63. The van der Waals surface area contributed by atoms with Crippen LogP contribution in [0.25, 0.3) is 0 Å². The fraction of sp³-hybridized carbons (Fsp3) is 0.273. The Morgan fingerprint density at radius 1 is 1.40 bits per heavy atom. The molecule has 0 aromatic heterocycles. The highest BCUT2D eigenvalue weighted by Crippen LogP contribution is 2.40. The predicted octanol–water partition coefficient (Wildman–Crippen LogP) is 1.04. The molecule has 0 radical (unpaired) electrons. The maximum Gasteiger partial charge on any atom is 0.333 e. The number of para-hydroxylation sites is 1. The lowest BCUT2D eigenvalue weighted by Gasteiger charge is -2.16. The summed E-state index contributed by atoms with van der Waals surface area (Å²) < 4.78 is 9.63. The zero-order chi connectivity index (χ0) is 11.1. The van der Waals surface area contributed by atoms with E-state index < -0.39 is 17.4 Å². The van der Waals surface area contributed by atoms with Gasteiger partial charge in [-0.3, -0.25) is 9.59 Å². The van der Waals surface area contributed by atoms with Gasteiger partial charge in [0.15, 0.2) is 5.41 Å². The number of hydrogen-bond donors (Lipinski definition) is 0. The monoisotopic (exact) mass is 206 g/mol. The summed E-state index contributed by atoms with van der Waals surface area (Å²) in [6.07, 6.45) is 0. The fourth-order valence-corrected chi connectivity index (χ4v) is 1.68. The molecule has 1 aromatic carbocycles. The van der Waals surface area contributed by atoms with Crippen molar-refractivity contribution in [1.82, 2.24) is 0 Å². The van der Waals surface area contributed by atoms with Crippen LogP contribution in [-0.4, -0.2) is 19.0 Å². The van der Waals surface area contributed by atoms with Crippen molar-refractivity contribution in [3.05, 3.63) is 29.8 Å². The Kier molecular flexibility index (Phi) is 2.00. The van der Waals surface area contributed by atoms with Gasteiger partial charge in [-0.25, -0.2) is 0 Å². The zero-order valence-electron chi connectivity index (χ0n) is 8.44. The van der Waals surface area contributed by atoms with E-state index in [2.05, 4.69) is 4.74 Å². The summed E-state index contributed by atoms with van der Waals surface area (Å²) in [5.41, 5.74) is -0.771. The highest BCUT2D eigenvalue weighted by atomic mass is 16.6. The minimum atomic E-state index is -1.33. The lowest BCUT2D eigenvalue weighted by Crippen LogP contribution is -2.39. The van der Waals surface area contributed by atoms with Crippen molar-refractivity contribution in [3.8, 4) is 5.75 Å². The van der Waals surface area contributed by atoms with E-state index in [1.165, 1.54) is 14.0 Å². The first-order valence-corrected chi connectivity index (χ1v) is 4.51. The molecule has 0 fully saturated rings. The van der Waals surface area contributed by atoms with Gasteiger partial charge >= 0.3 is 11.9 Å². The number of benzene rings is 1. The van der Waals surface area contributed by atoms with Gasteiger partial charge in [0.25, 0.3) is 0 Å². The van der Waals surface area contributed by atoms with Gasteiger partial charge in [-0.1, -0.05) is 18.2 Å². The molecular formula is C11H10O4. The molecule has 0 amide bonds.